The standard InChI is InChI=1S/C22H24N4O4/c1-22-10-12(29-14-8-9-23-20-13(14)5-7-16(27)25-20)4-6-15(22)30-19-17(22)18(19)26-21(28)24-11-2-3-11/h4,6,8-9,11,17-19H,2-3,5,7,10H2,1H3,(H,23,25,27)(H2,24,26,28)/t17-,18-,19-,22?/m0/s1. The molecule has 0 spiro atoms. The molecule has 2 aliphatic heterocycles. The average molecular weight is 408 g/mol. The Kier molecular flexibility index (Phi) is 3.70. The summed E-state index contributed by atoms with van der Waals surface area (Å²) in [6, 6.07) is 2.12. The van der Waals surface area contributed by atoms with Crippen LogP contribution in [-0.2, 0) is 16.0 Å². The minimum atomic E-state index is -0.201. The first-order valence-electron chi connectivity index (χ1n) is 10.6. The molecule has 3 amide bonds. The maximum Gasteiger partial charge on any atom is 0.315 e. The van der Waals surface area contributed by atoms with E-state index in [1.54, 1.807) is 6.20 Å². The van der Waals surface area contributed by atoms with Crippen molar-refractivity contribution in [2.45, 2.75) is 57.2 Å². The van der Waals surface area contributed by atoms with E-state index in [0.29, 0.717) is 31.1 Å². The Bertz CT molecular complexity index is 1010. The molecule has 1 unspecified atom stereocenters. The highest BCUT2D eigenvalue weighted by Gasteiger charge is 2.69. The van der Waals surface area contributed by atoms with Gasteiger partial charge in [0.2, 0.25) is 5.91 Å². The number of ether oxygens (including phenoxy) is 2. The van der Waals surface area contributed by atoms with Crippen LogP contribution in [0.2, 0.25) is 0 Å². The monoisotopic (exact) mass is 408 g/mol. The number of hydrogen-bond donors (Lipinski definition) is 3. The second-order valence-electron chi connectivity index (χ2n) is 9.07. The lowest BCUT2D eigenvalue weighted by Crippen LogP contribution is -2.41. The van der Waals surface area contributed by atoms with Crippen LogP contribution in [0.25, 0.3) is 0 Å². The van der Waals surface area contributed by atoms with Crippen molar-refractivity contribution in [3.05, 3.63) is 41.5 Å². The van der Waals surface area contributed by atoms with Gasteiger partial charge in [0.25, 0.3) is 0 Å². The zero-order valence-electron chi connectivity index (χ0n) is 16.7. The molecular weight excluding hydrogens is 384 g/mol. The number of nitrogens with zero attached hydrogens (tertiary/aromatic N) is 1. The molecule has 3 fully saturated rings. The molecule has 0 aromatic carbocycles. The summed E-state index contributed by atoms with van der Waals surface area (Å²) in [6.07, 6.45) is 9.52. The number of hydrogen-bond acceptors (Lipinski definition) is 5. The van der Waals surface area contributed by atoms with Crippen molar-refractivity contribution < 1.29 is 19.1 Å². The molecule has 30 heavy (non-hydrogen) atoms. The van der Waals surface area contributed by atoms with E-state index in [0.717, 1.165) is 35.7 Å². The highest BCUT2D eigenvalue weighted by molar-refractivity contribution is 5.93. The Hall–Kier alpha value is -3.03. The van der Waals surface area contributed by atoms with Gasteiger partial charge in [-0.3, -0.25) is 4.79 Å². The van der Waals surface area contributed by atoms with E-state index in [-0.39, 0.29) is 35.4 Å². The fourth-order valence-corrected chi connectivity index (χ4v) is 5.00. The summed E-state index contributed by atoms with van der Waals surface area (Å²) >= 11 is 0. The molecule has 3 aliphatic carbocycles. The molecular formula is C22H24N4O4. The summed E-state index contributed by atoms with van der Waals surface area (Å²) in [4.78, 5) is 28.0. The van der Waals surface area contributed by atoms with Gasteiger partial charge < -0.3 is 25.4 Å². The third-order valence-electron chi connectivity index (χ3n) is 6.80. The third-order valence-corrected chi connectivity index (χ3v) is 6.80. The molecule has 4 atom stereocenters. The van der Waals surface area contributed by atoms with Crippen molar-refractivity contribution in [2.75, 3.05) is 5.32 Å². The lowest BCUT2D eigenvalue weighted by Gasteiger charge is -2.32. The first-order valence-corrected chi connectivity index (χ1v) is 10.6. The number of amides is 3. The summed E-state index contributed by atoms with van der Waals surface area (Å²) in [7, 11) is 0. The Labute approximate surface area is 174 Å². The third kappa shape index (κ3) is 2.85. The van der Waals surface area contributed by atoms with Crippen LogP contribution in [0.15, 0.2) is 35.9 Å². The molecule has 156 valence electrons. The molecule has 2 saturated carbocycles. The van der Waals surface area contributed by atoms with Gasteiger partial charge >= 0.3 is 6.03 Å². The molecule has 5 aliphatic rings. The number of anilines is 1. The maximum atomic E-state index is 12.1. The van der Waals surface area contributed by atoms with Crippen LogP contribution in [-0.4, -0.2) is 35.1 Å². The molecule has 3 N–H and O–H groups in total. The highest BCUT2D eigenvalue weighted by Crippen LogP contribution is 2.63. The Morgan fingerprint density at radius 2 is 2.17 bits per heavy atom. The Morgan fingerprint density at radius 1 is 1.30 bits per heavy atom. The Balaban J connectivity index is 1.16. The van der Waals surface area contributed by atoms with Crippen molar-refractivity contribution in [1.29, 1.82) is 0 Å². The number of pyridine rings is 1. The molecule has 1 saturated heterocycles. The number of nitrogens with one attached hydrogen (secondary N) is 3. The van der Waals surface area contributed by atoms with Crippen LogP contribution in [0, 0.1) is 11.3 Å². The normalized spacial score (nSPS) is 33.0. The Morgan fingerprint density at radius 3 is 3.00 bits per heavy atom. The van der Waals surface area contributed by atoms with E-state index >= 15 is 0 Å². The molecule has 1 aromatic heterocycles. The largest absolute Gasteiger partial charge is 0.492 e. The summed E-state index contributed by atoms with van der Waals surface area (Å²) in [5, 5.41) is 8.87. The van der Waals surface area contributed by atoms with E-state index < -0.39 is 0 Å². The summed E-state index contributed by atoms with van der Waals surface area (Å²) in [5.74, 6) is 3.36. The smallest absolute Gasteiger partial charge is 0.315 e. The van der Waals surface area contributed by atoms with Crippen LogP contribution in [0.1, 0.15) is 38.2 Å². The van der Waals surface area contributed by atoms with Gasteiger partial charge in [-0.15, -0.1) is 0 Å². The second kappa shape index (κ2) is 6.23. The van der Waals surface area contributed by atoms with Crippen molar-refractivity contribution in [1.82, 2.24) is 15.6 Å². The minimum absolute atomic E-state index is 0.0173. The van der Waals surface area contributed by atoms with Crippen LogP contribution in [0.5, 0.6) is 5.75 Å². The van der Waals surface area contributed by atoms with Crippen LogP contribution in [0.3, 0.4) is 0 Å². The van der Waals surface area contributed by atoms with Crippen LogP contribution >= 0.6 is 0 Å². The van der Waals surface area contributed by atoms with Crippen molar-refractivity contribution in [2.24, 2.45) is 11.3 Å². The second-order valence-corrected chi connectivity index (χ2v) is 9.07. The van der Waals surface area contributed by atoms with Crippen LogP contribution in [0.4, 0.5) is 10.6 Å². The number of aromatic nitrogens is 1. The van der Waals surface area contributed by atoms with E-state index in [1.807, 2.05) is 18.2 Å². The molecule has 6 rings (SSSR count). The van der Waals surface area contributed by atoms with E-state index in [2.05, 4.69) is 27.9 Å². The fourth-order valence-electron chi connectivity index (χ4n) is 5.00. The average Bonchev–Trinajstić information content (AvgIpc) is 3.61. The van der Waals surface area contributed by atoms with Gasteiger partial charge in [0.15, 0.2) is 0 Å². The number of rotatable bonds is 4. The van der Waals surface area contributed by atoms with E-state index in [4.69, 9.17) is 9.47 Å². The lowest BCUT2D eigenvalue weighted by atomic mass is 9.77. The topological polar surface area (TPSA) is 102 Å². The van der Waals surface area contributed by atoms with Crippen molar-refractivity contribution >= 4 is 17.8 Å². The predicted molar refractivity (Wildman–Crippen MR) is 108 cm³/mol. The summed E-state index contributed by atoms with van der Waals surface area (Å²) in [6.45, 7) is 2.18. The number of allylic oxidation sites excluding steroid dienone is 4. The highest BCUT2D eigenvalue weighted by atomic mass is 16.5. The van der Waals surface area contributed by atoms with Gasteiger partial charge in [-0.05, 0) is 37.5 Å². The SMILES string of the molecule is CC12CC(Oc3ccnc4c3CCC(=O)N4)=CC=C1O[C@@H]1[C@@H](NC(=O)NC3CC3)[C@@H]12. The van der Waals surface area contributed by atoms with Gasteiger partial charge in [0, 0.05) is 42.0 Å². The fraction of sp³-hybridized carbons (Fsp3) is 0.500. The first kappa shape index (κ1) is 17.8. The van der Waals surface area contributed by atoms with Gasteiger partial charge in [-0.1, -0.05) is 6.92 Å². The van der Waals surface area contributed by atoms with Gasteiger partial charge in [-0.25, -0.2) is 9.78 Å². The predicted octanol–water partition coefficient (Wildman–Crippen LogP) is 2.38. The molecule has 3 heterocycles. The first-order chi connectivity index (χ1) is 14.5. The maximum absolute atomic E-state index is 12.1. The number of urea groups is 1. The van der Waals surface area contributed by atoms with Gasteiger partial charge in [0.05, 0.1) is 6.04 Å². The van der Waals surface area contributed by atoms with Gasteiger partial charge in [0.1, 0.15) is 29.2 Å². The van der Waals surface area contributed by atoms with Crippen molar-refractivity contribution in [3.8, 4) is 5.75 Å². The number of fused-ring (bicyclic) bond motifs is 4. The molecule has 8 heteroatoms. The molecule has 8 nitrogen and oxygen atoms in total. The van der Waals surface area contributed by atoms with Gasteiger partial charge in [-0.2, -0.15) is 0 Å². The number of carbonyl (C=O) groups excluding carboxylic acids is 2. The summed E-state index contributed by atoms with van der Waals surface area (Å²) in [5.41, 5.74) is 0.731. The molecule has 0 radical (unpaired) electrons. The number of carbonyl (C=O) groups is 2. The quantitative estimate of drug-likeness (QED) is 0.710. The zero-order chi connectivity index (χ0) is 20.5. The molecule has 0 bridgehead atoms. The van der Waals surface area contributed by atoms with E-state index in [9.17, 15) is 9.59 Å². The molecule has 1 aromatic rings. The summed E-state index contributed by atoms with van der Waals surface area (Å²) < 4.78 is 12.4. The lowest BCUT2D eigenvalue weighted by molar-refractivity contribution is -0.116. The zero-order valence-corrected chi connectivity index (χ0v) is 16.7. The van der Waals surface area contributed by atoms with Crippen molar-refractivity contribution in [3.63, 3.8) is 0 Å². The van der Waals surface area contributed by atoms with Crippen LogP contribution < -0.4 is 20.7 Å². The van der Waals surface area contributed by atoms with E-state index in [1.165, 1.54) is 0 Å². The minimum Gasteiger partial charge on any atom is -0.492 e.